The van der Waals surface area contributed by atoms with Gasteiger partial charge in [0.25, 0.3) is 0 Å². The van der Waals surface area contributed by atoms with Gasteiger partial charge >= 0.3 is 5.97 Å². The molecule has 0 unspecified atom stereocenters. The highest BCUT2D eigenvalue weighted by molar-refractivity contribution is 9.10. The Labute approximate surface area is 101 Å². The quantitative estimate of drug-likeness (QED) is 0.781. The smallest absolute Gasteiger partial charge is 0.337 e. The summed E-state index contributed by atoms with van der Waals surface area (Å²) < 4.78 is 0.640. The summed E-state index contributed by atoms with van der Waals surface area (Å²) in [6.07, 6.45) is 0.162. The van der Waals surface area contributed by atoms with E-state index in [9.17, 15) is 9.59 Å². The second-order valence-corrected chi connectivity index (χ2v) is 4.00. The van der Waals surface area contributed by atoms with Crippen LogP contribution in [0.2, 0.25) is 0 Å². The van der Waals surface area contributed by atoms with Gasteiger partial charge in [-0.2, -0.15) is 0 Å². The Balaban J connectivity index is 2.95. The maximum Gasteiger partial charge on any atom is 0.337 e. The Kier molecular flexibility index (Phi) is 4.45. The minimum atomic E-state index is -1.09. The zero-order chi connectivity index (χ0) is 12.1. The molecule has 0 bridgehead atoms. The van der Waals surface area contributed by atoms with Crippen molar-refractivity contribution >= 4 is 33.5 Å². The number of amides is 1. The highest BCUT2D eigenvalue weighted by atomic mass is 79.9. The van der Waals surface area contributed by atoms with Crippen LogP contribution in [0.1, 0.15) is 16.8 Å². The number of nitrogens with one attached hydrogen (secondary N) is 1. The molecule has 0 aliphatic carbocycles. The largest absolute Gasteiger partial charge is 0.478 e. The minimum absolute atomic E-state index is 0.0414. The van der Waals surface area contributed by atoms with Gasteiger partial charge in [0.05, 0.1) is 11.3 Å². The van der Waals surface area contributed by atoms with Crippen LogP contribution < -0.4 is 11.1 Å². The number of hydrogen-bond donors (Lipinski definition) is 3. The maximum absolute atomic E-state index is 11.3. The van der Waals surface area contributed by atoms with Crippen molar-refractivity contribution in [2.45, 2.75) is 6.42 Å². The summed E-state index contributed by atoms with van der Waals surface area (Å²) >= 11 is 3.17. The van der Waals surface area contributed by atoms with Crippen LogP contribution >= 0.6 is 15.9 Å². The third-order valence-corrected chi connectivity index (χ3v) is 2.35. The molecule has 1 aromatic rings. The van der Waals surface area contributed by atoms with Gasteiger partial charge in [-0.1, -0.05) is 15.9 Å². The Morgan fingerprint density at radius 2 is 2.12 bits per heavy atom. The van der Waals surface area contributed by atoms with Crippen molar-refractivity contribution in [1.29, 1.82) is 0 Å². The zero-order valence-corrected chi connectivity index (χ0v) is 9.95. The van der Waals surface area contributed by atoms with E-state index in [1.807, 2.05) is 0 Å². The van der Waals surface area contributed by atoms with E-state index in [0.29, 0.717) is 4.47 Å². The van der Waals surface area contributed by atoms with Crippen molar-refractivity contribution < 1.29 is 14.7 Å². The molecule has 0 fully saturated rings. The van der Waals surface area contributed by atoms with E-state index >= 15 is 0 Å². The van der Waals surface area contributed by atoms with Crippen LogP contribution in [0.3, 0.4) is 0 Å². The molecule has 6 heteroatoms. The number of carboxylic acid groups (broad SMARTS) is 1. The van der Waals surface area contributed by atoms with E-state index < -0.39 is 5.97 Å². The normalized spacial score (nSPS) is 9.88. The molecule has 4 N–H and O–H groups in total. The molecule has 1 rings (SSSR count). The molecular weight excluding hydrogens is 276 g/mol. The van der Waals surface area contributed by atoms with Crippen molar-refractivity contribution in [3.05, 3.63) is 28.2 Å². The summed E-state index contributed by atoms with van der Waals surface area (Å²) in [5.74, 6) is -1.39. The van der Waals surface area contributed by atoms with Gasteiger partial charge in [0.1, 0.15) is 0 Å². The predicted molar refractivity (Wildman–Crippen MR) is 63.4 cm³/mol. The van der Waals surface area contributed by atoms with E-state index in [4.69, 9.17) is 10.8 Å². The van der Waals surface area contributed by atoms with Crippen LogP contribution in [-0.2, 0) is 4.79 Å². The van der Waals surface area contributed by atoms with Gasteiger partial charge < -0.3 is 16.2 Å². The molecule has 0 aliphatic heterocycles. The number of carbonyl (C=O) groups excluding carboxylic acids is 1. The lowest BCUT2D eigenvalue weighted by molar-refractivity contribution is -0.116. The first-order valence-electron chi connectivity index (χ1n) is 4.57. The number of aromatic carboxylic acids is 1. The van der Waals surface area contributed by atoms with E-state index in [1.165, 1.54) is 12.1 Å². The zero-order valence-electron chi connectivity index (χ0n) is 8.37. The summed E-state index contributed by atoms with van der Waals surface area (Å²) in [6.45, 7) is 0.227. The highest BCUT2D eigenvalue weighted by Crippen LogP contribution is 2.21. The molecule has 86 valence electrons. The number of halogens is 1. The number of carboxylic acids is 1. The van der Waals surface area contributed by atoms with Crippen molar-refractivity contribution in [2.75, 3.05) is 11.9 Å². The number of hydrogen-bond acceptors (Lipinski definition) is 3. The van der Waals surface area contributed by atoms with E-state index in [1.54, 1.807) is 6.07 Å². The number of rotatable bonds is 4. The first-order chi connectivity index (χ1) is 7.54. The lowest BCUT2D eigenvalue weighted by Crippen LogP contribution is -2.18. The van der Waals surface area contributed by atoms with E-state index in [-0.39, 0.29) is 30.1 Å². The molecule has 5 nitrogen and oxygen atoms in total. The third-order valence-electron chi connectivity index (χ3n) is 1.86. The molecule has 1 amide bonds. The SMILES string of the molecule is NCCC(=O)Nc1ccc(Br)cc1C(=O)O. The second kappa shape index (κ2) is 5.62. The molecule has 0 atom stereocenters. The first kappa shape index (κ1) is 12.7. The molecule has 0 aromatic heterocycles. The average Bonchev–Trinajstić information content (AvgIpc) is 2.20. The molecule has 0 saturated heterocycles. The van der Waals surface area contributed by atoms with Gasteiger partial charge in [0.15, 0.2) is 0 Å². The van der Waals surface area contributed by atoms with Gasteiger partial charge in [0, 0.05) is 17.4 Å². The van der Waals surface area contributed by atoms with Crippen LogP contribution in [0.4, 0.5) is 5.69 Å². The number of nitrogens with two attached hydrogens (primary N) is 1. The summed E-state index contributed by atoms with van der Waals surface area (Å²) in [7, 11) is 0. The standard InChI is InChI=1S/C10H11BrN2O3/c11-6-1-2-8(7(5-6)10(15)16)13-9(14)3-4-12/h1-2,5H,3-4,12H2,(H,13,14)(H,15,16). The third kappa shape index (κ3) is 3.32. The van der Waals surface area contributed by atoms with E-state index in [2.05, 4.69) is 21.2 Å². The summed E-state index contributed by atoms with van der Waals surface area (Å²) in [5, 5.41) is 11.4. The molecular formula is C10H11BrN2O3. The van der Waals surface area contributed by atoms with Gasteiger partial charge in [0.2, 0.25) is 5.91 Å². The number of benzene rings is 1. The highest BCUT2D eigenvalue weighted by Gasteiger charge is 2.12. The molecule has 16 heavy (non-hydrogen) atoms. The fourth-order valence-corrected chi connectivity index (χ4v) is 1.51. The van der Waals surface area contributed by atoms with Crippen molar-refractivity contribution in [2.24, 2.45) is 5.73 Å². The monoisotopic (exact) mass is 286 g/mol. The fourth-order valence-electron chi connectivity index (χ4n) is 1.15. The van der Waals surface area contributed by atoms with E-state index in [0.717, 1.165) is 0 Å². The van der Waals surface area contributed by atoms with Crippen molar-refractivity contribution in [3.63, 3.8) is 0 Å². The minimum Gasteiger partial charge on any atom is -0.478 e. The summed E-state index contributed by atoms with van der Waals surface area (Å²) in [6, 6.07) is 4.62. The van der Waals surface area contributed by atoms with Crippen LogP contribution in [0.5, 0.6) is 0 Å². The van der Waals surface area contributed by atoms with Gasteiger partial charge in [-0.15, -0.1) is 0 Å². The first-order valence-corrected chi connectivity index (χ1v) is 5.36. The van der Waals surface area contributed by atoms with Crippen LogP contribution in [0, 0.1) is 0 Å². The van der Waals surface area contributed by atoms with Crippen molar-refractivity contribution in [1.82, 2.24) is 0 Å². The van der Waals surface area contributed by atoms with Gasteiger partial charge in [-0.05, 0) is 18.2 Å². The molecule has 0 spiro atoms. The van der Waals surface area contributed by atoms with Crippen LogP contribution in [0.15, 0.2) is 22.7 Å². The number of anilines is 1. The van der Waals surface area contributed by atoms with Crippen molar-refractivity contribution in [3.8, 4) is 0 Å². The summed E-state index contributed by atoms with van der Waals surface area (Å²) in [4.78, 5) is 22.2. The molecule has 1 aromatic carbocycles. The Morgan fingerprint density at radius 1 is 1.44 bits per heavy atom. The summed E-state index contributed by atoms with van der Waals surface area (Å²) in [5.41, 5.74) is 5.53. The molecule has 0 aliphatic rings. The lowest BCUT2D eigenvalue weighted by atomic mass is 10.2. The van der Waals surface area contributed by atoms with Crippen LogP contribution in [-0.4, -0.2) is 23.5 Å². The fraction of sp³-hybridized carbons (Fsp3) is 0.200. The number of carbonyl (C=O) groups is 2. The molecule has 0 saturated carbocycles. The van der Waals surface area contributed by atoms with Gasteiger partial charge in [-0.25, -0.2) is 4.79 Å². The Hall–Kier alpha value is -1.40. The second-order valence-electron chi connectivity index (χ2n) is 3.08. The average molecular weight is 287 g/mol. The lowest BCUT2D eigenvalue weighted by Gasteiger charge is -2.08. The topological polar surface area (TPSA) is 92.4 Å². The molecule has 0 heterocycles. The Morgan fingerprint density at radius 3 is 2.69 bits per heavy atom. The Bertz CT molecular complexity index is 421. The predicted octanol–water partition coefficient (Wildman–Crippen LogP) is 1.43. The maximum atomic E-state index is 11.3. The molecule has 0 radical (unpaired) electrons. The van der Waals surface area contributed by atoms with Crippen LogP contribution in [0.25, 0.3) is 0 Å². The van der Waals surface area contributed by atoms with Gasteiger partial charge in [-0.3, -0.25) is 4.79 Å².